The minimum absolute atomic E-state index is 0.231. The molecule has 0 unspecified atom stereocenters. The zero-order valence-electron chi connectivity index (χ0n) is 15.0. The van der Waals surface area contributed by atoms with Gasteiger partial charge in [-0.1, -0.05) is 36.4 Å². The predicted octanol–water partition coefficient (Wildman–Crippen LogP) is 2.81. The van der Waals surface area contributed by atoms with E-state index in [4.69, 9.17) is 0 Å². The van der Waals surface area contributed by atoms with Gasteiger partial charge in [-0.3, -0.25) is 0 Å². The first-order valence-corrected chi connectivity index (χ1v) is 10.3. The highest BCUT2D eigenvalue weighted by molar-refractivity contribution is 7.89. The van der Waals surface area contributed by atoms with Crippen LogP contribution >= 0.6 is 0 Å². The van der Waals surface area contributed by atoms with E-state index in [0.29, 0.717) is 17.7 Å². The maximum absolute atomic E-state index is 12.7. The van der Waals surface area contributed by atoms with E-state index in [2.05, 4.69) is 20.0 Å². The van der Waals surface area contributed by atoms with Crippen molar-refractivity contribution in [1.82, 2.24) is 19.3 Å². The van der Waals surface area contributed by atoms with E-state index in [9.17, 15) is 8.42 Å². The summed E-state index contributed by atoms with van der Waals surface area (Å²) < 4.78 is 29.9. The molecule has 4 rings (SSSR count). The van der Waals surface area contributed by atoms with Crippen molar-refractivity contribution in [3.05, 3.63) is 79.4 Å². The van der Waals surface area contributed by atoms with E-state index in [1.54, 1.807) is 18.2 Å². The van der Waals surface area contributed by atoms with Crippen LogP contribution in [0.25, 0.3) is 16.6 Å². The molecule has 0 atom stereocenters. The molecule has 2 N–H and O–H groups in total. The molecule has 0 saturated carbocycles. The van der Waals surface area contributed by atoms with E-state index in [-0.39, 0.29) is 11.4 Å². The van der Waals surface area contributed by atoms with Crippen molar-refractivity contribution < 1.29 is 8.42 Å². The third-order valence-electron chi connectivity index (χ3n) is 4.28. The average Bonchev–Trinajstić information content (AvgIpc) is 3.26. The number of nitrogens with zero attached hydrogens (tertiary/aromatic N) is 3. The van der Waals surface area contributed by atoms with Gasteiger partial charge in [-0.2, -0.15) is 0 Å². The van der Waals surface area contributed by atoms with E-state index >= 15 is 0 Å². The minimum atomic E-state index is -3.61. The third kappa shape index (κ3) is 3.88. The van der Waals surface area contributed by atoms with E-state index in [1.165, 1.54) is 6.33 Å². The smallest absolute Gasteiger partial charge is 0.241 e. The van der Waals surface area contributed by atoms with Gasteiger partial charge in [-0.15, -0.1) is 0 Å². The second-order valence-corrected chi connectivity index (χ2v) is 7.89. The van der Waals surface area contributed by atoms with Crippen LogP contribution < -0.4 is 10.0 Å². The Hall–Kier alpha value is -3.23. The number of anilines is 1. The highest BCUT2D eigenvalue weighted by Crippen LogP contribution is 2.22. The number of rotatable bonds is 7. The summed E-state index contributed by atoms with van der Waals surface area (Å²) in [4.78, 5) is 8.67. The van der Waals surface area contributed by atoms with Crippen LogP contribution in [-0.4, -0.2) is 36.0 Å². The van der Waals surface area contributed by atoms with Crippen molar-refractivity contribution in [3.8, 4) is 5.82 Å². The Labute approximate surface area is 163 Å². The molecule has 0 amide bonds. The second-order valence-electron chi connectivity index (χ2n) is 6.15. The second kappa shape index (κ2) is 7.79. The lowest BCUT2D eigenvalue weighted by atomic mass is 10.1. The Morgan fingerprint density at radius 2 is 1.68 bits per heavy atom. The first-order chi connectivity index (χ1) is 13.6. The Kier molecular flexibility index (Phi) is 5.05. The molecule has 0 aliphatic heterocycles. The lowest BCUT2D eigenvalue weighted by Gasteiger charge is -2.11. The van der Waals surface area contributed by atoms with Gasteiger partial charge in [-0.05, 0) is 23.6 Å². The summed E-state index contributed by atoms with van der Waals surface area (Å²) in [7, 11) is -3.61. The number of fused-ring (bicyclic) bond motifs is 1. The fraction of sp³-hybridized carbons (Fsp3) is 0.100. The Balaban J connectivity index is 1.40. The summed E-state index contributed by atoms with van der Waals surface area (Å²) in [5.41, 5.74) is 0. The molecule has 142 valence electrons. The quantitative estimate of drug-likeness (QED) is 0.471. The molecule has 0 fully saturated rings. The molecule has 0 saturated heterocycles. The largest absolute Gasteiger partial charge is 0.369 e. The van der Waals surface area contributed by atoms with Gasteiger partial charge in [-0.25, -0.2) is 23.1 Å². The van der Waals surface area contributed by atoms with E-state index < -0.39 is 10.0 Å². The molecule has 2 aromatic heterocycles. The lowest BCUT2D eigenvalue weighted by molar-refractivity contribution is 0.584. The highest BCUT2D eigenvalue weighted by atomic mass is 32.2. The van der Waals surface area contributed by atoms with Gasteiger partial charge in [0.25, 0.3) is 0 Å². The molecule has 0 aliphatic carbocycles. The van der Waals surface area contributed by atoms with Crippen LogP contribution in [0.3, 0.4) is 0 Å². The fourth-order valence-electron chi connectivity index (χ4n) is 2.96. The molecule has 2 heterocycles. The van der Waals surface area contributed by atoms with Gasteiger partial charge in [0, 0.05) is 36.9 Å². The molecular formula is C20H19N5O2S. The minimum Gasteiger partial charge on any atom is -0.369 e. The molecule has 0 bridgehead atoms. The van der Waals surface area contributed by atoms with Crippen LogP contribution in [0.1, 0.15) is 0 Å². The Morgan fingerprint density at radius 3 is 2.54 bits per heavy atom. The maximum Gasteiger partial charge on any atom is 0.241 e. The first-order valence-electron chi connectivity index (χ1n) is 8.80. The monoisotopic (exact) mass is 393 g/mol. The number of benzene rings is 2. The summed E-state index contributed by atoms with van der Waals surface area (Å²) in [6.07, 6.45) is 5.26. The molecule has 2 aromatic carbocycles. The number of hydrogen-bond acceptors (Lipinski definition) is 5. The molecule has 28 heavy (non-hydrogen) atoms. The van der Waals surface area contributed by atoms with Gasteiger partial charge in [0.15, 0.2) is 0 Å². The number of sulfonamides is 1. The zero-order valence-corrected chi connectivity index (χ0v) is 15.8. The topological polar surface area (TPSA) is 88.9 Å². The standard InChI is InChI=1S/C20H19N5O2S/c26-28(27,18-9-5-7-16-6-1-2-8-17(16)18)24-11-10-21-19-14-20(23-15-22-19)25-12-3-4-13-25/h1-9,12-15,24H,10-11H2,(H,21,22,23). The van der Waals surface area contributed by atoms with Crippen LogP contribution in [0.5, 0.6) is 0 Å². The summed E-state index contributed by atoms with van der Waals surface area (Å²) in [6.45, 7) is 0.626. The summed E-state index contributed by atoms with van der Waals surface area (Å²) in [5, 5.41) is 4.71. The molecule has 4 aromatic rings. The van der Waals surface area contributed by atoms with Crippen LogP contribution in [-0.2, 0) is 10.0 Å². The van der Waals surface area contributed by atoms with Crippen molar-refractivity contribution in [2.45, 2.75) is 4.90 Å². The lowest BCUT2D eigenvalue weighted by Crippen LogP contribution is -2.29. The van der Waals surface area contributed by atoms with E-state index in [0.717, 1.165) is 11.2 Å². The van der Waals surface area contributed by atoms with Crippen molar-refractivity contribution in [2.24, 2.45) is 0 Å². The van der Waals surface area contributed by atoms with Crippen LogP contribution in [0.2, 0.25) is 0 Å². The predicted molar refractivity (Wildman–Crippen MR) is 109 cm³/mol. The fourth-order valence-corrected chi connectivity index (χ4v) is 4.22. The van der Waals surface area contributed by atoms with Crippen molar-refractivity contribution in [2.75, 3.05) is 18.4 Å². The van der Waals surface area contributed by atoms with Gasteiger partial charge >= 0.3 is 0 Å². The van der Waals surface area contributed by atoms with Crippen molar-refractivity contribution >= 4 is 26.6 Å². The molecule has 0 aliphatic rings. The maximum atomic E-state index is 12.7. The van der Waals surface area contributed by atoms with Crippen LogP contribution in [0.15, 0.2) is 84.3 Å². The van der Waals surface area contributed by atoms with Gasteiger partial charge < -0.3 is 9.88 Å². The summed E-state index contributed by atoms with van der Waals surface area (Å²) in [6, 6.07) is 18.3. The van der Waals surface area contributed by atoms with Gasteiger partial charge in [0.1, 0.15) is 18.0 Å². The van der Waals surface area contributed by atoms with Crippen molar-refractivity contribution in [3.63, 3.8) is 0 Å². The molecule has 0 radical (unpaired) electrons. The average molecular weight is 393 g/mol. The van der Waals surface area contributed by atoms with Crippen molar-refractivity contribution in [1.29, 1.82) is 0 Å². The highest BCUT2D eigenvalue weighted by Gasteiger charge is 2.16. The van der Waals surface area contributed by atoms with E-state index in [1.807, 2.05) is 59.4 Å². The Morgan fingerprint density at radius 1 is 0.893 bits per heavy atom. The molecule has 7 nitrogen and oxygen atoms in total. The van der Waals surface area contributed by atoms with Gasteiger partial charge in [0.2, 0.25) is 10.0 Å². The number of nitrogens with one attached hydrogen (secondary N) is 2. The van der Waals surface area contributed by atoms with Crippen LogP contribution in [0.4, 0.5) is 5.82 Å². The number of aromatic nitrogens is 3. The summed E-state index contributed by atoms with van der Waals surface area (Å²) >= 11 is 0. The SMILES string of the molecule is O=S(=O)(NCCNc1cc(-n2cccc2)ncn1)c1cccc2ccccc12. The summed E-state index contributed by atoms with van der Waals surface area (Å²) in [5.74, 6) is 1.36. The van der Waals surface area contributed by atoms with Gasteiger partial charge in [0.05, 0.1) is 4.90 Å². The first kappa shape index (κ1) is 18.1. The Bertz CT molecular complexity index is 1180. The zero-order chi connectivity index (χ0) is 19.4. The molecule has 0 spiro atoms. The molecular weight excluding hydrogens is 374 g/mol. The normalized spacial score (nSPS) is 11.6. The third-order valence-corrected chi connectivity index (χ3v) is 5.80. The van der Waals surface area contributed by atoms with Crippen LogP contribution in [0, 0.1) is 0 Å². The molecule has 8 heteroatoms. The number of hydrogen-bond donors (Lipinski definition) is 2.